The first-order valence-corrected chi connectivity index (χ1v) is 7.32. The second kappa shape index (κ2) is 5.88. The van der Waals surface area contributed by atoms with Gasteiger partial charge in [0.05, 0.1) is 7.11 Å². The van der Waals surface area contributed by atoms with Crippen molar-refractivity contribution in [2.45, 2.75) is 44.3 Å². The molecular weight excluding hydrogens is 238 g/mol. The summed E-state index contributed by atoms with van der Waals surface area (Å²) in [5.41, 5.74) is 1.20. The van der Waals surface area contributed by atoms with Crippen molar-refractivity contribution in [3.05, 3.63) is 23.9 Å². The Labute approximate surface area is 115 Å². The van der Waals surface area contributed by atoms with Crippen molar-refractivity contribution in [3.63, 3.8) is 0 Å². The number of methoxy groups -OCH3 is 1. The third kappa shape index (κ3) is 3.25. The molecule has 0 spiro atoms. The lowest BCUT2D eigenvalue weighted by Gasteiger charge is -2.26. The predicted molar refractivity (Wildman–Crippen MR) is 75.2 cm³/mol. The second-order valence-corrected chi connectivity index (χ2v) is 5.63. The summed E-state index contributed by atoms with van der Waals surface area (Å²) in [6.07, 6.45) is 7.11. The van der Waals surface area contributed by atoms with Crippen LogP contribution >= 0.6 is 0 Å². The molecule has 1 aromatic rings. The Hall–Kier alpha value is -1.13. The van der Waals surface area contributed by atoms with Gasteiger partial charge in [0.25, 0.3) is 0 Å². The quantitative estimate of drug-likeness (QED) is 0.847. The SMILES string of the molecule is COc1ncccc1CN(CC1CCCN1)C1CC1. The summed E-state index contributed by atoms with van der Waals surface area (Å²) in [6.45, 7) is 3.29. The van der Waals surface area contributed by atoms with Gasteiger partial charge in [0.2, 0.25) is 5.88 Å². The Balaban J connectivity index is 1.66. The Morgan fingerprint density at radius 2 is 2.32 bits per heavy atom. The lowest BCUT2D eigenvalue weighted by Crippen LogP contribution is -2.38. The van der Waals surface area contributed by atoms with Crippen LogP contribution in [-0.2, 0) is 6.54 Å². The average Bonchev–Trinajstić information content (AvgIpc) is 3.17. The summed E-state index contributed by atoms with van der Waals surface area (Å²) in [7, 11) is 1.70. The number of nitrogens with zero attached hydrogens (tertiary/aromatic N) is 2. The summed E-state index contributed by atoms with van der Waals surface area (Å²) >= 11 is 0. The molecule has 1 unspecified atom stereocenters. The van der Waals surface area contributed by atoms with Crippen LogP contribution in [0, 0.1) is 0 Å². The minimum Gasteiger partial charge on any atom is -0.481 e. The van der Waals surface area contributed by atoms with Gasteiger partial charge in [0, 0.05) is 36.9 Å². The third-order valence-corrected chi connectivity index (χ3v) is 4.10. The maximum absolute atomic E-state index is 5.36. The molecule has 1 aliphatic heterocycles. The van der Waals surface area contributed by atoms with Gasteiger partial charge < -0.3 is 10.1 Å². The Morgan fingerprint density at radius 3 is 3.00 bits per heavy atom. The second-order valence-electron chi connectivity index (χ2n) is 5.63. The highest BCUT2D eigenvalue weighted by atomic mass is 16.5. The minimum absolute atomic E-state index is 0.670. The van der Waals surface area contributed by atoms with E-state index in [9.17, 15) is 0 Å². The van der Waals surface area contributed by atoms with Crippen LogP contribution in [0.4, 0.5) is 0 Å². The van der Waals surface area contributed by atoms with Crippen LogP contribution in [0.2, 0.25) is 0 Å². The van der Waals surface area contributed by atoms with Crippen LogP contribution in [0.15, 0.2) is 18.3 Å². The van der Waals surface area contributed by atoms with E-state index in [1.54, 1.807) is 13.3 Å². The number of nitrogens with one attached hydrogen (secondary N) is 1. The van der Waals surface area contributed by atoms with E-state index in [4.69, 9.17) is 4.74 Å². The zero-order valence-electron chi connectivity index (χ0n) is 11.6. The molecule has 104 valence electrons. The highest BCUT2D eigenvalue weighted by molar-refractivity contribution is 5.25. The highest BCUT2D eigenvalue weighted by Gasteiger charge is 2.31. The van der Waals surface area contributed by atoms with Gasteiger partial charge in [0.1, 0.15) is 0 Å². The molecule has 2 heterocycles. The van der Waals surface area contributed by atoms with E-state index < -0.39 is 0 Å². The number of hydrogen-bond donors (Lipinski definition) is 1. The van der Waals surface area contributed by atoms with Crippen LogP contribution in [0.1, 0.15) is 31.2 Å². The first-order chi connectivity index (χ1) is 9.36. The van der Waals surface area contributed by atoms with Crippen molar-refractivity contribution in [1.29, 1.82) is 0 Å². The van der Waals surface area contributed by atoms with E-state index in [1.165, 1.54) is 37.8 Å². The fraction of sp³-hybridized carbons (Fsp3) is 0.667. The number of pyridine rings is 1. The molecule has 0 bridgehead atoms. The van der Waals surface area contributed by atoms with E-state index >= 15 is 0 Å². The van der Waals surface area contributed by atoms with E-state index in [-0.39, 0.29) is 0 Å². The minimum atomic E-state index is 0.670. The third-order valence-electron chi connectivity index (χ3n) is 4.10. The van der Waals surface area contributed by atoms with Crippen molar-refractivity contribution < 1.29 is 4.74 Å². The van der Waals surface area contributed by atoms with E-state index in [2.05, 4.69) is 21.3 Å². The van der Waals surface area contributed by atoms with Gasteiger partial charge in [0.15, 0.2) is 0 Å². The average molecular weight is 261 g/mol. The molecule has 1 N–H and O–H groups in total. The molecule has 1 saturated heterocycles. The smallest absolute Gasteiger partial charge is 0.217 e. The van der Waals surface area contributed by atoms with Gasteiger partial charge in [-0.15, -0.1) is 0 Å². The van der Waals surface area contributed by atoms with Crippen molar-refractivity contribution >= 4 is 0 Å². The van der Waals surface area contributed by atoms with Crippen molar-refractivity contribution in [2.24, 2.45) is 0 Å². The summed E-state index contributed by atoms with van der Waals surface area (Å²) in [4.78, 5) is 6.90. The summed E-state index contributed by atoms with van der Waals surface area (Å²) in [5, 5.41) is 3.60. The fourth-order valence-corrected chi connectivity index (χ4v) is 2.93. The van der Waals surface area contributed by atoms with E-state index in [1.807, 2.05) is 6.07 Å². The van der Waals surface area contributed by atoms with Crippen LogP contribution in [0.3, 0.4) is 0 Å². The zero-order valence-corrected chi connectivity index (χ0v) is 11.6. The Bertz CT molecular complexity index is 414. The highest BCUT2D eigenvalue weighted by Crippen LogP contribution is 2.30. The molecule has 19 heavy (non-hydrogen) atoms. The zero-order chi connectivity index (χ0) is 13.1. The van der Waals surface area contributed by atoms with Crippen LogP contribution in [0.5, 0.6) is 5.88 Å². The topological polar surface area (TPSA) is 37.4 Å². The Kier molecular flexibility index (Phi) is 3.99. The fourth-order valence-electron chi connectivity index (χ4n) is 2.93. The molecule has 1 aromatic heterocycles. The van der Waals surface area contributed by atoms with Gasteiger partial charge in [-0.05, 0) is 38.3 Å². The van der Waals surface area contributed by atoms with Gasteiger partial charge in [-0.25, -0.2) is 4.98 Å². The molecule has 1 aliphatic carbocycles. The van der Waals surface area contributed by atoms with Crippen molar-refractivity contribution in [1.82, 2.24) is 15.2 Å². The standard InChI is InChI=1S/C15H23N3O/c1-19-15-12(4-2-9-17-15)10-18(14-6-7-14)11-13-5-3-8-16-13/h2,4,9,13-14,16H,3,5-8,10-11H2,1H3. The van der Waals surface area contributed by atoms with Gasteiger partial charge >= 0.3 is 0 Å². The largest absolute Gasteiger partial charge is 0.481 e. The molecule has 0 amide bonds. The summed E-state index contributed by atoms with van der Waals surface area (Å²) < 4.78 is 5.36. The maximum atomic E-state index is 5.36. The number of ether oxygens (including phenoxy) is 1. The lowest BCUT2D eigenvalue weighted by molar-refractivity contribution is 0.227. The molecule has 1 atom stereocenters. The molecule has 0 radical (unpaired) electrons. The lowest BCUT2D eigenvalue weighted by atomic mass is 10.2. The summed E-state index contributed by atoms with van der Waals surface area (Å²) in [6, 6.07) is 5.57. The van der Waals surface area contributed by atoms with E-state index in [0.29, 0.717) is 6.04 Å². The molecule has 1 saturated carbocycles. The summed E-state index contributed by atoms with van der Waals surface area (Å²) in [5.74, 6) is 0.771. The molecule has 2 aliphatic rings. The van der Waals surface area contributed by atoms with Crippen LogP contribution in [0.25, 0.3) is 0 Å². The molecule has 3 rings (SSSR count). The van der Waals surface area contributed by atoms with Crippen LogP contribution < -0.4 is 10.1 Å². The van der Waals surface area contributed by atoms with Crippen LogP contribution in [-0.4, -0.2) is 42.2 Å². The molecule has 2 fully saturated rings. The van der Waals surface area contributed by atoms with Crippen molar-refractivity contribution in [3.8, 4) is 5.88 Å². The van der Waals surface area contributed by atoms with Gasteiger partial charge in [-0.2, -0.15) is 0 Å². The Morgan fingerprint density at radius 1 is 1.42 bits per heavy atom. The number of aromatic nitrogens is 1. The first-order valence-electron chi connectivity index (χ1n) is 7.32. The monoisotopic (exact) mass is 261 g/mol. The van der Waals surface area contributed by atoms with Gasteiger partial charge in [-0.3, -0.25) is 4.90 Å². The number of hydrogen-bond acceptors (Lipinski definition) is 4. The molecule has 0 aromatic carbocycles. The van der Waals surface area contributed by atoms with E-state index in [0.717, 1.165) is 25.0 Å². The number of rotatable bonds is 6. The predicted octanol–water partition coefficient (Wildman–Crippen LogP) is 1.81. The van der Waals surface area contributed by atoms with Crippen molar-refractivity contribution in [2.75, 3.05) is 20.2 Å². The molecule has 4 heteroatoms. The van der Waals surface area contributed by atoms with Gasteiger partial charge in [-0.1, -0.05) is 6.07 Å². The molecule has 4 nitrogen and oxygen atoms in total. The molecular formula is C15H23N3O. The normalized spacial score (nSPS) is 22.9. The first kappa shape index (κ1) is 12.9. The maximum Gasteiger partial charge on any atom is 0.217 e.